The van der Waals surface area contributed by atoms with Crippen molar-refractivity contribution in [2.75, 3.05) is 33.4 Å². The Morgan fingerprint density at radius 3 is 2.75 bits per heavy atom. The van der Waals surface area contributed by atoms with Gasteiger partial charge in [0.15, 0.2) is 0 Å². The number of amides is 1. The van der Waals surface area contributed by atoms with Gasteiger partial charge in [-0.25, -0.2) is 0 Å². The summed E-state index contributed by atoms with van der Waals surface area (Å²) < 4.78 is 11.3. The number of rotatable bonds is 5. The van der Waals surface area contributed by atoms with Gasteiger partial charge in [0, 0.05) is 36.8 Å². The Balaban J connectivity index is 1.64. The topological polar surface area (TPSA) is 62.8 Å². The van der Waals surface area contributed by atoms with Gasteiger partial charge in [-0.05, 0) is 42.4 Å². The summed E-state index contributed by atoms with van der Waals surface area (Å²) in [6, 6.07) is 4.50. The van der Waals surface area contributed by atoms with Crippen LogP contribution in [-0.4, -0.2) is 56.3 Å². The van der Waals surface area contributed by atoms with E-state index in [0.717, 1.165) is 34.9 Å². The maximum Gasteiger partial charge on any atom is 0.248 e. The monoisotopic (exact) mass is 409 g/mol. The zero-order valence-electron chi connectivity index (χ0n) is 17.5. The van der Waals surface area contributed by atoms with Crippen LogP contribution in [0.25, 0.3) is 0 Å². The van der Waals surface area contributed by atoms with Crippen molar-refractivity contribution in [1.82, 2.24) is 15.8 Å². The molecule has 6 nitrogen and oxygen atoms in total. The van der Waals surface area contributed by atoms with Crippen LogP contribution in [0, 0.1) is 12.8 Å². The molecule has 2 saturated heterocycles. The number of hydrogen-bond donors (Lipinski definition) is 2. The summed E-state index contributed by atoms with van der Waals surface area (Å²) in [5.41, 5.74) is 8.81. The van der Waals surface area contributed by atoms with E-state index >= 15 is 0 Å². The third-order valence-corrected chi connectivity index (χ3v) is 6.15. The van der Waals surface area contributed by atoms with Crippen LogP contribution in [0.2, 0.25) is 5.02 Å². The zero-order chi connectivity index (χ0) is 20.5. The number of benzene rings is 1. The van der Waals surface area contributed by atoms with Gasteiger partial charge in [0.05, 0.1) is 6.04 Å². The quantitative estimate of drug-likeness (QED) is 0.782. The van der Waals surface area contributed by atoms with Gasteiger partial charge in [0.2, 0.25) is 5.91 Å². The van der Waals surface area contributed by atoms with Crippen LogP contribution in [0.1, 0.15) is 38.3 Å². The van der Waals surface area contributed by atoms with Gasteiger partial charge in [-0.3, -0.25) is 15.6 Å². The summed E-state index contributed by atoms with van der Waals surface area (Å²) in [6.45, 7) is 10.7. The summed E-state index contributed by atoms with van der Waals surface area (Å²) in [6.07, 6.45) is 0.944. The predicted molar refractivity (Wildman–Crippen MR) is 111 cm³/mol. The van der Waals surface area contributed by atoms with E-state index in [1.54, 1.807) is 7.11 Å². The predicted octanol–water partition coefficient (Wildman–Crippen LogP) is 2.66. The summed E-state index contributed by atoms with van der Waals surface area (Å²) in [5, 5.41) is 0.770. The molecule has 3 atom stereocenters. The number of fused-ring (bicyclic) bond motifs is 1. The average Bonchev–Trinajstić information content (AvgIpc) is 3.04. The van der Waals surface area contributed by atoms with Gasteiger partial charge in [-0.2, -0.15) is 0 Å². The minimum absolute atomic E-state index is 0.0499. The Kier molecular flexibility index (Phi) is 6.54. The number of likely N-dealkylation sites (tertiary alicyclic amines) is 1. The molecule has 1 aromatic carbocycles. The average molecular weight is 410 g/mol. The lowest BCUT2D eigenvalue weighted by atomic mass is 9.85. The van der Waals surface area contributed by atoms with Crippen LogP contribution in [0.15, 0.2) is 12.1 Å². The molecule has 28 heavy (non-hydrogen) atoms. The summed E-state index contributed by atoms with van der Waals surface area (Å²) in [5.74, 6) is 1.37. The van der Waals surface area contributed by atoms with E-state index in [-0.39, 0.29) is 30.0 Å². The molecule has 156 valence electrons. The minimum Gasteiger partial charge on any atom is -0.492 e. The number of piperidine rings is 1. The van der Waals surface area contributed by atoms with Crippen molar-refractivity contribution in [3.8, 4) is 5.75 Å². The SMILES string of the molecule is COCC(=O)N1CCC2C(COc3cc(C)c(Cl)cc3C(C)(C)C)NNC2C1. The highest BCUT2D eigenvalue weighted by Gasteiger charge is 2.41. The van der Waals surface area contributed by atoms with Crippen LogP contribution < -0.4 is 15.6 Å². The van der Waals surface area contributed by atoms with E-state index in [1.165, 1.54) is 0 Å². The minimum atomic E-state index is -0.0520. The first-order chi connectivity index (χ1) is 13.2. The molecule has 0 saturated carbocycles. The number of hydrazine groups is 1. The van der Waals surface area contributed by atoms with Crippen LogP contribution in [0.4, 0.5) is 0 Å². The van der Waals surface area contributed by atoms with E-state index in [4.69, 9.17) is 21.1 Å². The Labute approximate surface area is 172 Å². The Morgan fingerprint density at radius 1 is 1.32 bits per heavy atom. The number of ether oxygens (including phenoxy) is 2. The van der Waals surface area contributed by atoms with Crippen molar-refractivity contribution in [2.24, 2.45) is 5.92 Å². The van der Waals surface area contributed by atoms with Crippen molar-refractivity contribution >= 4 is 17.5 Å². The zero-order valence-corrected chi connectivity index (χ0v) is 18.2. The standard InChI is InChI=1S/C21H32ClN3O3/c1-13-8-19(15(9-16(13)22)21(2,3)4)28-11-18-14-6-7-25(20(26)12-27-5)10-17(14)23-24-18/h8-9,14,17-18,23-24H,6-7,10-12H2,1-5H3. The molecule has 0 aromatic heterocycles. The smallest absolute Gasteiger partial charge is 0.248 e. The van der Waals surface area contributed by atoms with Crippen molar-refractivity contribution in [3.63, 3.8) is 0 Å². The summed E-state index contributed by atoms with van der Waals surface area (Å²) >= 11 is 6.35. The number of carbonyl (C=O) groups excluding carboxylic acids is 1. The van der Waals surface area contributed by atoms with Gasteiger partial charge in [0.1, 0.15) is 19.0 Å². The Morgan fingerprint density at radius 2 is 2.07 bits per heavy atom. The molecule has 2 N–H and O–H groups in total. The molecule has 3 rings (SSSR count). The first kappa shape index (κ1) is 21.4. The third-order valence-electron chi connectivity index (χ3n) is 5.74. The van der Waals surface area contributed by atoms with Gasteiger partial charge >= 0.3 is 0 Å². The molecule has 2 aliphatic heterocycles. The summed E-state index contributed by atoms with van der Waals surface area (Å²) in [4.78, 5) is 14.0. The number of nitrogens with zero attached hydrogens (tertiary/aromatic N) is 1. The molecule has 3 unspecified atom stereocenters. The molecule has 2 aliphatic rings. The molecular formula is C21H32ClN3O3. The molecular weight excluding hydrogens is 378 g/mol. The molecule has 1 amide bonds. The highest BCUT2D eigenvalue weighted by atomic mass is 35.5. The molecule has 2 heterocycles. The second-order valence-corrected chi connectivity index (χ2v) is 9.29. The largest absolute Gasteiger partial charge is 0.492 e. The van der Waals surface area contributed by atoms with Crippen LogP contribution >= 0.6 is 11.6 Å². The van der Waals surface area contributed by atoms with E-state index < -0.39 is 0 Å². The van der Waals surface area contributed by atoms with Gasteiger partial charge < -0.3 is 14.4 Å². The van der Waals surface area contributed by atoms with Crippen molar-refractivity contribution in [1.29, 1.82) is 0 Å². The Hall–Kier alpha value is -1.34. The van der Waals surface area contributed by atoms with Crippen LogP contribution in [0.3, 0.4) is 0 Å². The van der Waals surface area contributed by atoms with E-state index in [9.17, 15) is 4.79 Å². The number of aryl methyl sites for hydroxylation is 1. The fourth-order valence-corrected chi connectivity index (χ4v) is 4.24. The number of nitrogens with one attached hydrogen (secondary N) is 2. The lowest BCUT2D eigenvalue weighted by Gasteiger charge is -2.35. The number of halogens is 1. The molecule has 0 bridgehead atoms. The molecule has 1 aromatic rings. The molecule has 0 aliphatic carbocycles. The van der Waals surface area contributed by atoms with Crippen LogP contribution in [0.5, 0.6) is 5.75 Å². The van der Waals surface area contributed by atoms with Crippen LogP contribution in [-0.2, 0) is 14.9 Å². The maximum absolute atomic E-state index is 12.1. The van der Waals surface area contributed by atoms with E-state index in [1.807, 2.05) is 24.0 Å². The highest BCUT2D eigenvalue weighted by Crippen LogP contribution is 2.36. The third kappa shape index (κ3) is 4.62. The van der Waals surface area contributed by atoms with Gasteiger partial charge in [-0.1, -0.05) is 32.4 Å². The van der Waals surface area contributed by atoms with Gasteiger partial charge in [-0.15, -0.1) is 0 Å². The lowest BCUT2D eigenvalue weighted by molar-refractivity contribution is -0.136. The molecule has 0 radical (unpaired) electrons. The Bertz CT molecular complexity index is 720. The second-order valence-electron chi connectivity index (χ2n) is 8.89. The second kappa shape index (κ2) is 8.57. The van der Waals surface area contributed by atoms with Crippen molar-refractivity contribution < 1.29 is 14.3 Å². The first-order valence-corrected chi connectivity index (χ1v) is 10.3. The summed E-state index contributed by atoms with van der Waals surface area (Å²) in [7, 11) is 1.55. The number of hydrogen-bond acceptors (Lipinski definition) is 5. The normalized spacial score (nSPS) is 24.9. The molecule has 2 fully saturated rings. The fourth-order valence-electron chi connectivity index (χ4n) is 4.07. The van der Waals surface area contributed by atoms with Crippen molar-refractivity contribution in [3.05, 3.63) is 28.3 Å². The maximum atomic E-state index is 12.1. The van der Waals surface area contributed by atoms with Crippen molar-refractivity contribution in [2.45, 2.75) is 51.6 Å². The molecule has 0 spiro atoms. The van der Waals surface area contributed by atoms with E-state index in [0.29, 0.717) is 19.1 Å². The first-order valence-electron chi connectivity index (χ1n) is 9.92. The number of carbonyl (C=O) groups is 1. The lowest BCUT2D eigenvalue weighted by Crippen LogP contribution is -2.50. The van der Waals surface area contributed by atoms with E-state index in [2.05, 4.69) is 31.6 Å². The highest BCUT2D eigenvalue weighted by molar-refractivity contribution is 6.31. The fraction of sp³-hybridized carbons (Fsp3) is 0.667. The molecule has 7 heteroatoms. The number of methoxy groups -OCH3 is 1. The van der Waals surface area contributed by atoms with Gasteiger partial charge in [0.25, 0.3) is 0 Å².